The highest BCUT2D eigenvalue weighted by Crippen LogP contribution is 2.51. The zero-order valence-electron chi connectivity index (χ0n) is 9.27. The molecule has 1 saturated heterocycles. The van der Waals surface area contributed by atoms with Crippen molar-refractivity contribution in [3.05, 3.63) is 35.6 Å². The third-order valence-corrected chi connectivity index (χ3v) is 4.04. The Morgan fingerprint density at radius 2 is 1.81 bits per heavy atom. The number of halogens is 1. The average molecular weight is 220 g/mol. The number of nitrogens with two attached hydrogens (primary N) is 1. The van der Waals surface area contributed by atoms with E-state index in [1.807, 2.05) is 12.1 Å². The fourth-order valence-corrected chi connectivity index (χ4v) is 3.06. The number of hydrogen-bond acceptors (Lipinski definition) is 2. The molecule has 3 heteroatoms. The number of fused-ring (bicyclic) bond motifs is 1. The van der Waals surface area contributed by atoms with Gasteiger partial charge in [0.1, 0.15) is 5.82 Å². The van der Waals surface area contributed by atoms with Crippen LogP contribution in [0.15, 0.2) is 24.3 Å². The highest BCUT2D eigenvalue weighted by Gasteiger charge is 2.54. The summed E-state index contributed by atoms with van der Waals surface area (Å²) in [5.74, 6) is 2.30. The smallest absolute Gasteiger partial charge is 0.123 e. The molecular weight excluding hydrogens is 203 g/mol. The predicted octanol–water partition coefficient (Wildman–Crippen LogP) is 1.46. The summed E-state index contributed by atoms with van der Waals surface area (Å²) in [5, 5.41) is 0. The fraction of sp³-hybridized carbons (Fsp3) is 0.538. The first-order valence-corrected chi connectivity index (χ1v) is 5.95. The standard InChI is InChI=1S/C13H17FN2/c14-10-3-1-9(2-4-10)6-16-7-12-11(5-15)13(12)8-16/h1-4,11-13H,5-8,15H2/t11?,12-,13+. The van der Waals surface area contributed by atoms with Gasteiger partial charge >= 0.3 is 0 Å². The van der Waals surface area contributed by atoms with Crippen LogP contribution in [0, 0.1) is 23.6 Å². The molecule has 1 aliphatic carbocycles. The molecule has 0 bridgehead atoms. The second kappa shape index (κ2) is 3.82. The van der Waals surface area contributed by atoms with Gasteiger partial charge in [0.2, 0.25) is 0 Å². The Bertz CT molecular complexity index is 364. The van der Waals surface area contributed by atoms with E-state index in [0.717, 1.165) is 30.8 Å². The van der Waals surface area contributed by atoms with Crippen LogP contribution in [0.5, 0.6) is 0 Å². The first kappa shape index (κ1) is 10.2. The molecule has 1 saturated carbocycles. The normalized spacial score (nSPS) is 32.8. The summed E-state index contributed by atoms with van der Waals surface area (Å²) >= 11 is 0. The Hall–Kier alpha value is -0.930. The Morgan fingerprint density at radius 3 is 2.38 bits per heavy atom. The predicted molar refractivity (Wildman–Crippen MR) is 61.2 cm³/mol. The van der Waals surface area contributed by atoms with Crippen LogP contribution in [-0.2, 0) is 6.54 Å². The van der Waals surface area contributed by atoms with Gasteiger partial charge in [-0.1, -0.05) is 12.1 Å². The molecule has 2 nitrogen and oxygen atoms in total. The summed E-state index contributed by atoms with van der Waals surface area (Å²) < 4.78 is 12.7. The quantitative estimate of drug-likeness (QED) is 0.835. The maximum absolute atomic E-state index is 12.7. The topological polar surface area (TPSA) is 29.3 Å². The summed E-state index contributed by atoms with van der Waals surface area (Å²) in [5.41, 5.74) is 6.88. The van der Waals surface area contributed by atoms with E-state index in [1.165, 1.54) is 30.8 Å². The Balaban J connectivity index is 1.56. The zero-order valence-corrected chi connectivity index (χ0v) is 9.27. The van der Waals surface area contributed by atoms with Crippen molar-refractivity contribution in [2.45, 2.75) is 6.54 Å². The van der Waals surface area contributed by atoms with Gasteiger partial charge in [-0.3, -0.25) is 4.90 Å². The summed E-state index contributed by atoms with van der Waals surface area (Å²) in [6, 6.07) is 6.82. The van der Waals surface area contributed by atoms with Crippen molar-refractivity contribution in [1.29, 1.82) is 0 Å². The summed E-state index contributed by atoms with van der Waals surface area (Å²) in [6.07, 6.45) is 0. The molecule has 1 aromatic carbocycles. The van der Waals surface area contributed by atoms with Gasteiger partial charge in [0.05, 0.1) is 0 Å². The van der Waals surface area contributed by atoms with Crippen LogP contribution in [0.25, 0.3) is 0 Å². The van der Waals surface area contributed by atoms with Crippen molar-refractivity contribution >= 4 is 0 Å². The number of hydrogen-bond donors (Lipinski definition) is 1. The molecule has 0 radical (unpaired) electrons. The number of nitrogens with zero attached hydrogens (tertiary/aromatic N) is 1. The van der Waals surface area contributed by atoms with Crippen LogP contribution in [0.4, 0.5) is 4.39 Å². The van der Waals surface area contributed by atoms with Gasteiger partial charge in [0.25, 0.3) is 0 Å². The minimum Gasteiger partial charge on any atom is -0.330 e. The molecule has 3 atom stereocenters. The van der Waals surface area contributed by atoms with Crippen molar-refractivity contribution in [2.24, 2.45) is 23.5 Å². The molecule has 2 aliphatic rings. The molecule has 86 valence electrons. The van der Waals surface area contributed by atoms with E-state index in [2.05, 4.69) is 4.90 Å². The van der Waals surface area contributed by atoms with Crippen molar-refractivity contribution in [3.63, 3.8) is 0 Å². The molecule has 16 heavy (non-hydrogen) atoms. The van der Waals surface area contributed by atoms with Crippen molar-refractivity contribution in [1.82, 2.24) is 4.90 Å². The first-order valence-electron chi connectivity index (χ1n) is 5.95. The maximum atomic E-state index is 12.7. The lowest BCUT2D eigenvalue weighted by Crippen LogP contribution is -2.25. The van der Waals surface area contributed by atoms with Crippen LogP contribution in [0.3, 0.4) is 0 Å². The minimum atomic E-state index is -0.156. The lowest BCUT2D eigenvalue weighted by molar-refractivity contribution is 0.279. The van der Waals surface area contributed by atoms with E-state index < -0.39 is 0 Å². The van der Waals surface area contributed by atoms with Crippen LogP contribution in [0.2, 0.25) is 0 Å². The summed E-state index contributed by atoms with van der Waals surface area (Å²) in [6.45, 7) is 4.14. The molecule has 1 heterocycles. The largest absolute Gasteiger partial charge is 0.330 e. The lowest BCUT2D eigenvalue weighted by atomic mass is 10.2. The molecule has 0 aromatic heterocycles. The van der Waals surface area contributed by atoms with Gasteiger partial charge in [-0.2, -0.15) is 0 Å². The third kappa shape index (κ3) is 1.74. The van der Waals surface area contributed by atoms with Crippen LogP contribution >= 0.6 is 0 Å². The van der Waals surface area contributed by atoms with Crippen LogP contribution in [-0.4, -0.2) is 24.5 Å². The van der Waals surface area contributed by atoms with Gasteiger partial charge in [-0.15, -0.1) is 0 Å². The van der Waals surface area contributed by atoms with E-state index in [4.69, 9.17) is 5.73 Å². The SMILES string of the molecule is NCC1[C@H]2CN(Cc3ccc(F)cc3)C[C@@H]12. The number of likely N-dealkylation sites (tertiary alicyclic amines) is 1. The van der Waals surface area contributed by atoms with Crippen molar-refractivity contribution < 1.29 is 4.39 Å². The molecule has 1 aromatic rings. The summed E-state index contributed by atoms with van der Waals surface area (Å²) in [4.78, 5) is 2.45. The first-order chi connectivity index (χ1) is 7.78. The van der Waals surface area contributed by atoms with E-state index >= 15 is 0 Å². The van der Waals surface area contributed by atoms with Crippen molar-refractivity contribution in [3.8, 4) is 0 Å². The Kier molecular flexibility index (Phi) is 2.45. The molecule has 0 amide bonds. The van der Waals surface area contributed by atoms with E-state index in [-0.39, 0.29) is 5.82 Å². The molecule has 1 aliphatic heterocycles. The van der Waals surface area contributed by atoms with Gasteiger partial charge in [0, 0.05) is 19.6 Å². The number of benzene rings is 1. The van der Waals surface area contributed by atoms with Gasteiger partial charge in [-0.25, -0.2) is 4.39 Å². The Labute approximate surface area is 95.2 Å². The fourth-order valence-electron chi connectivity index (χ4n) is 3.06. The highest BCUT2D eigenvalue weighted by molar-refractivity contribution is 5.17. The molecule has 0 spiro atoms. The van der Waals surface area contributed by atoms with Crippen molar-refractivity contribution in [2.75, 3.05) is 19.6 Å². The molecule has 3 rings (SSSR count). The van der Waals surface area contributed by atoms with Crippen LogP contribution in [0.1, 0.15) is 5.56 Å². The highest BCUT2D eigenvalue weighted by atomic mass is 19.1. The molecular formula is C13H17FN2. The van der Waals surface area contributed by atoms with Crippen LogP contribution < -0.4 is 5.73 Å². The Morgan fingerprint density at radius 1 is 1.19 bits per heavy atom. The zero-order chi connectivity index (χ0) is 11.1. The molecule has 2 fully saturated rings. The molecule has 1 unspecified atom stereocenters. The monoisotopic (exact) mass is 220 g/mol. The lowest BCUT2D eigenvalue weighted by Gasteiger charge is -2.19. The minimum absolute atomic E-state index is 0.156. The number of rotatable bonds is 3. The van der Waals surface area contributed by atoms with E-state index in [0.29, 0.717) is 0 Å². The summed E-state index contributed by atoms with van der Waals surface area (Å²) in [7, 11) is 0. The molecule has 2 N–H and O–H groups in total. The second-order valence-corrected chi connectivity index (χ2v) is 5.05. The van der Waals surface area contributed by atoms with E-state index in [1.54, 1.807) is 0 Å². The van der Waals surface area contributed by atoms with Gasteiger partial charge in [-0.05, 0) is 42.0 Å². The third-order valence-electron chi connectivity index (χ3n) is 4.04. The maximum Gasteiger partial charge on any atom is 0.123 e. The van der Waals surface area contributed by atoms with Gasteiger partial charge < -0.3 is 5.73 Å². The average Bonchev–Trinajstić information content (AvgIpc) is 2.76. The second-order valence-electron chi connectivity index (χ2n) is 5.05. The number of piperidine rings is 1. The van der Waals surface area contributed by atoms with E-state index in [9.17, 15) is 4.39 Å². The van der Waals surface area contributed by atoms with Gasteiger partial charge in [0.15, 0.2) is 0 Å².